The number of rotatable bonds is 3. The summed E-state index contributed by atoms with van der Waals surface area (Å²) in [6.45, 7) is 3.89. The molecule has 0 radical (unpaired) electrons. The number of nitrogens with one attached hydrogen (secondary N) is 1. The summed E-state index contributed by atoms with van der Waals surface area (Å²) in [5.41, 5.74) is 3.46. The number of aromatic hydroxyl groups is 1. The van der Waals surface area contributed by atoms with Crippen molar-refractivity contribution in [3.05, 3.63) is 48.7 Å². The fourth-order valence-corrected chi connectivity index (χ4v) is 4.41. The van der Waals surface area contributed by atoms with E-state index in [4.69, 9.17) is 9.90 Å². The van der Waals surface area contributed by atoms with Gasteiger partial charge in [0.05, 0.1) is 5.69 Å². The van der Waals surface area contributed by atoms with E-state index in [0.717, 1.165) is 42.1 Å². The standard InChI is InChI=1S/C21H20N8O.C2HF3O2/c1-12-9-28-10-14(7-24-21(28)25-12)13-4-18(30)20(23-6-13)17-2-3-19(27-26-17)29-11-15-5-16(29)8-22-15;3-2(4,5)1(6)7/h2-4,6-7,9-10,15-16,22,30H,5,8,11H2,1H3;(H,6,7). The Hall–Kier alpha value is -4.33. The number of carbonyl (C=O) groups is 1. The molecule has 2 unspecified atom stereocenters. The largest absolute Gasteiger partial charge is 0.506 e. The van der Waals surface area contributed by atoms with Crippen LogP contribution < -0.4 is 10.2 Å². The number of aliphatic carboxylic acids is 1. The molecule has 192 valence electrons. The number of aryl methyl sites for hydroxylation is 1. The van der Waals surface area contributed by atoms with E-state index in [1.54, 1.807) is 18.5 Å². The van der Waals surface area contributed by atoms with Gasteiger partial charge in [0.15, 0.2) is 5.82 Å². The molecule has 0 aromatic carbocycles. The highest BCUT2D eigenvalue weighted by Gasteiger charge is 2.39. The van der Waals surface area contributed by atoms with Crippen LogP contribution >= 0.6 is 0 Å². The number of alkyl halides is 3. The lowest BCUT2D eigenvalue weighted by Gasteiger charge is -2.27. The number of fused-ring (bicyclic) bond motifs is 3. The fraction of sp³-hybridized carbons (Fsp3) is 0.304. The van der Waals surface area contributed by atoms with Gasteiger partial charge < -0.3 is 20.4 Å². The Morgan fingerprint density at radius 3 is 2.49 bits per heavy atom. The summed E-state index contributed by atoms with van der Waals surface area (Å²) in [6, 6.07) is 6.54. The summed E-state index contributed by atoms with van der Waals surface area (Å²) in [5.74, 6) is -1.19. The second-order valence-corrected chi connectivity index (χ2v) is 8.75. The quantitative estimate of drug-likeness (QED) is 0.373. The van der Waals surface area contributed by atoms with Crippen molar-refractivity contribution in [3.63, 3.8) is 0 Å². The molecule has 2 atom stereocenters. The van der Waals surface area contributed by atoms with Crippen molar-refractivity contribution >= 4 is 17.6 Å². The topological polar surface area (TPSA) is 142 Å². The number of nitrogens with zero attached hydrogens (tertiary/aromatic N) is 7. The SMILES string of the molecule is Cc1cn2cc(-c3cnc(-c4ccc(N5CC6CC5CN6)nn4)c(O)c3)cnc2n1.O=C(O)C(F)(F)F. The summed E-state index contributed by atoms with van der Waals surface area (Å²) in [4.78, 5) is 24.3. The van der Waals surface area contributed by atoms with E-state index < -0.39 is 12.1 Å². The maximum absolute atomic E-state index is 10.6. The van der Waals surface area contributed by atoms with E-state index in [-0.39, 0.29) is 5.75 Å². The fourth-order valence-electron chi connectivity index (χ4n) is 4.41. The van der Waals surface area contributed by atoms with Gasteiger partial charge in [-0.1, -0.05) is 0 Å². The van der Waals surface area contributed by atoms with Gasteiger partial charge in [0.25, 0.3) is 0 Å². The Morgan fingerprint density at radius 1 is 1.14 bits per heavy atom. The molecule has 3 N–H and O–H groups in total. The Kier molecular flexibility index (Phi) is 6.11. The molecule has 14 heteroatoms. The van der Waals surface area contributed by atoms with Gasteiger partial charge >= 0.3 is 12.1 Å². The van der Waals surface area contributed by atoms with E-state index in [1.807, 2.05) is 35.9 Å². The Morgan fingerprint density at radius 2 is 1.89 bits per heavy atom. The molecule has 6 rings (SSSR count). The number of carboxylic acids is 1. The van der Waals surface area contributed by atoms with Crippen LogP contribution in [0.3, 0.4) is 0 Å². The first-order valence-electron chi connectivity index (χ1n) is 11.2. The molecule has 2 saturated heterocycles. The molecular formula is C23H21F3N8O3. The van der Waals surface area contributed by atoms with Gasteiger partial charge in [-0.2, -0.15) is 13.2 Å². The minimum atomic E-state index is -5.08. The Balaban J connectivity index is 0.000000355. The predicted molar refractivity (Wildman–Crippen MR) is 125 cm³/mol. The minimum absolute atomic E-state index is 0.0564. The molecule has 2 aliphatic heterocycles. The monoisotopic (exact) mass is 514 g/mol. The minimum Gasteiger partial charge on any atom is -0.506 e. The molecular weight excluding hydrogens is 493 g/mol. The van der Waals surface area contributed by atoms with Crippen LogP contribution in [0.1, 0.15) is 12.1 Å². The maximum Gasteiger partial charge on any atom is 0.490 e. The van der Waals surface area contributed by atoms with Gasteiger partial charge in [0, 0.05) is 61.1 Å². The van der Waals surface area contributed by atoms with Crippen LogP contribution in [0.25, 0.3) is 28.3 Å². The van der Waals surface area contributed by atoms with E-state index in [2.05, 4.69) is 35.4 Å². The third kappa shape index (κ3) is 5.00. The highest BCUT2D eigenvalue weighted by atomic mass is 19.4. The second-order valence-electron chi connectivity index (χ2n) is 8.75. The van der Waals surface area contributed by atoms with Crippen LogP contribution in [0.2, 0.25) is 0 Å². The van der Waals surface area contributed by atoms with Crippen molar-refractivity contribution in [2.75, 3.05) is 18.0 Å². The van der Waals surface area contributed by atoms with Crippen molar-refractivity contribution in [1.29, 1.82) is 0 Å². The average molecular weight is 514 g/mol. The molecule has 4 aromatic rings. The van der Waals surface area contributed by atoms with Gasteiger partial charge in [-0.15, -0.1) is 10.2 Å². The summed E-state index contributed by atoms with van der Waals surface area (Å²) in [6.07, 6.45) is 3.35. The summed E-state index contributed by atoms with van der Waals surface area (Å²) >= 11 is 0. The number of pyridine rings is 1. The van der Waals surface area contributed by atoms with E-state index in [0.29, 0.717) is 29.2 Å². The molecule has 2 aliphatic rings. The number of aromatic nitrogens is 6. The smallest absolute Gasteiger partial charge is 0.490 e. The summed E-state index contributed by atoms with van der Waals surface area (Å²) < 4.78 is 33.6. The average Bonchev–Trinajstić information content (AvgIpc) is 3.58. The second kappa shape index (κ2) is 9.28. The molecule has 0 spiro atoms. The zero-order chi connectivity index (χ0) is 26.3. The van der Waals surface area contributed by atoms with Gasteiger partial charge in [-0.3, -0.25) is 4.40 Å². The van der Waals surface area contributed by atoms with Crippen molar-refractivity contribution in [2.24, 2.45) is 0 Å². The predicted octanol–water partition coefficient (Wildman–Crippen LogP) is 2.45. The molecule has 4 aromatic heterocycles. The van der Waals surface area contributed by atoms with E-state index >= 15 is 0 Å². The summed E-state index contributed by atoms with van der Waals surface area (Å²) in [7, 11) is 0. The van der Waals surface area contributed by atoms with Crippen molar-refractivity contribution in [2.45, 2.75) is 31.6 Å². The van der Waals surface area contributed by atoms with Gasteiger partial charge in [0.1, 0.15) is 17.1 Å². The lowest BCUT2D eigenvalue weighted by Crippen LogP contribution is -2.44. The highest BCUT2D eigenvalue weighted by molar-refractivity contribution is 5.73. The van der Waals surface area contributed by atoms with Crippen molar-refractivity contribution in [3.8, 4) is 28.3 Å². The zero-order valence-electron chi connectivity index (χ0n) is 19.4. The third-order valence-corrected chi connectivity index (χ3v) is 6.12. The lowest BCUT2D eigenvalue weighted by atomic mass is 10.1. The third-order valence-electron chi connectivity index (χ3n) is 6.12. The first-order valence-corrected chi connectivity index (χ1v) is 11.2. The molecule has 0 saturated carbocycles. The van der Waals surface area contributed by atoms with Crippen LogP contribution in [-0.4, -0.2) is 77.1 Å². The number of anilines is 1. The lowest BCUT2D eigenvalue weighted by molar-refractivity contribution is -0.192. The normalized spacial score (nSPS) is 18.6. The van der Waals surface area contributed by atoms with Gasteiger partial charge in [-0.25, -0.2) is 19.7 Å². The van der Waals surface area contributed by atoms with Crippen LogP contribution in [0, 0.1) is 6.92 Å². The zero-order valence-corrected chi connectivity index (χ0v) is 19.4. The van der Waals surface area contributed by atoms with Crippen molar-refractivity contribution < 1.29 is 28.2 Å². The van der Waals surface area contributed by atoms with Crippen molar-refractivity contribution in [1.82, 2.24) is 34.9 Å². The number of piperazine rings is 1. The van der Waals surface area contributed by atoms with Gasteiger partial charge in [0.2, 0.25) is 5.78 Å². The van der Waals surface area contributed by atoms with E-state index in [9.17, 15) is 18.3 Å². The molecule has 37 heavy (non-hydrogen) atoms. The molecule has 6 heterocycles. The number of halogens is 3. The molecule has 11 nitrogen and oxygen atoms in total. The first kappa shape index (κ1) is 24.4. The number of hydrogen-bond donors (Lipinski definition) is 3. The Bertz CT molecular complexity index is 1460. The Labute approximate surface area is 207 Å². The maximum atomic E-state index is 10.6. The van der Waals surface area contributed by atoms with Crippen LogP contribution in [-0.2, 0) is 4.79 Å². The highest BCUT2D eigenvalue weighted by Crippen LogP contribution is 2.32. The van der Waals surface area contributed by atoms with Crippen LogP contribution in [0.15, 0.2) is 43.0 Å². The first-order chi connectivity index (χ1) is 17.6. The molecule has 2 fully saturated rings. The van der Waals surface area contributed by atoms with Gasteiger partial charge in [-0.05, 0) is 31.5 Å². The number of imidazole rings is 1. The number of carboxylic acid groups (broad SMARTS) is 1. The van der Waals surface area contributed by atoms with Crippen LogP contribution in [0.4, 0.5) is 19.0 Å². The summed E-state index contributed by atoms with van der Waals surface area (Å²) in [5, 5.41) is 29.9. The molecule has 0 aliphatic carbocycles. The molecule has 0 amide bonds. The molecule has 2 bridgehead atoms. The van der Waals surface area contributed by atoms with E-state index in [1.165, 1.54) is 0 Å². The van der Waals surface area contributed by atoms with Crippen LogP contribution in [0.5, 0.6) is 5.75 Å². The number of hydrogen-bond acceptors (Lipinski definition) is 9.